The first kappa shape index (κ1) is 14.6. The molecular formula is C16H29N3. The molecule has 1 saturated carbocycles. The molecule has 2 atom stereocenters. The van der Waals surface area contributed by atoms with Crippen molar-refractivity contribution in [2.45, 2.75) is 70.9 Å². The Labute approximate surface area is 117 Å². The minimum atomic E-state index is 0.763. The van der Waals surface area contributed by atoms with Gasteiger partial charge < -0.3 is 5.32 Å². The van der Waals surface area contributed by atoms with E-state index in [4.69, 9.17) is 0 Å². The van der Waals surface area contributed by atoms with Gasteiger partial charge in [-0.05, 0) is 44.2 Å². The highest BCUT2D eigenvalue weighted by molar-refractivity contribution is 4.78. The smallest absolute Gasteiger partial charge is 0.0489 e. The molecule has 3 heteroatoms. The lowest BCUT2D eigenvalue weighted by Gasteiger charge is -2.16. The first-order chi connectivity index (χ1) is 9.38. The molecule has 1 aromatic rings. The van der Waals surface area contributed by atoms with Crippen LogP contribution in [0.1, 0.15) is 58.3 Å². The molecule has 1 heterocycles. The molecule has 0 aliphatic heterocycles. The quantitative estimate of drug-likeness (QED) is 0.601. The fraction of sp³-hybridized carbons (Fsp3) is 0.812. The van der Waals surface area contributed by atoms with Gasteiger partial charge in [0.25, 0.3) is 0 Å². The fourth-order valence-corrected chi connectivity index (χ4v) is 3.26. The highest BCUT2D eigenvalue weighted by atomic mass is 15.3. The van der Waals surface area contributed by atoms with E-state index in [2.05, 4.69) is 17.3 Å². The number of aromatic nitrogens is 2. The van der Waals surface area contributed by atoms with Gasteiger partial charge in [-0.15, -0.1) is 0 Å². The molecule has 1 aromatic heterocycles. The molecular weight excluding hydrogens is 234 g/mol. The van der Waals surface area contributed by atoms with Gasteiger partial charge in [0.1, 0.15) is 0 Å². The lowest BCUT2D eigenvalue weighted by Crippen LogP contribution is -2.30. The third-order valence-corrected chi connectivity index (χ3v) is 4.34. The molecule has 1 N–H and O–H groups in total. The van der Waals surface area contributed by atoms with Crippen LogP contribution in [-0.4, -0.2) is 22.4 Å². The lowest BCUT2D eigenvalue weighted by atomic mass is 9.95. The van der Waals surface area contributed by atoms with Crippen LogP contribution in [0.4, 0.5) is 0 Å². The van der Waals surface area contributed by atoms with E-state index >= 15 is 0 Å². The fourth-order valence-electron chi connectivity index (χ4n) is 3.26. The first-order valence-electron chi connectivity index (χ1n) is 8.09. The Morgan fingerprint density at radius 3 is 3.00 bits per heavy atom. The topological polar surface area (TPSA) is 29.9 Å². The normalized spacial score (nSPS) is 24.3. The van der Waals surface area contributed by atoms with E-state index in [1.807, 2.05) is 23.1 Å². The summed E-state index contributed by atoms with van der Waals surface area (Å²) in [6.45, 7) is 4.48. The van der Waals surface area contributed by atoms with Crippen LogP contribution < -0.4 is 5.32 Å². The Morgan fingerprint density at radius 2 is 2.21 bits per heavy atom. The standard InChI is InChI=1S/C16H29N3/c1-2-6-15-7-3-8-16(10-9-15)17-11-4-13-19-14-5-12-18-19/h5,12,14-17H,2-4,6-11,13H2,1H3. The Bertz CT molecular complexity index is 321. The van der Waals surface area contributed by atoms with Crippen molar-refractivity contribution < 1.29 is 0 Å². The van der Waals surface area contributed by atoms with E-state index < -0.39 is 0 Å². The molecule has 1 aliphatic rings. The maximum atomic E-state index is 4.23. The summed E-state index contributed by atoms with van der Waals surface area (Å²) in [5.74, 6) is 1.00. The van der Waals surface area contributed by atoms with Crippen LogP contribution in [0.2, 0.25) is 0 Å². The zero-order valence-electron chi connectivity index (χ0n) is 12.4. The van der Waals surface area contributed by atoms with E-state index in [-0.39, 0.29) is 0 Å². The summed E-state index contributed by atoms with van der Waals surface area (Å²) in [5, 5.41) is 7.98. The second-order valence-electron chi connectivity index (χ2n) is 5.94. The van der Waals surface area contributed by atoms with Crippen LogP contribution >= 0.6 is 0 Å². The van der Waals surface area contributed by atoms with Crippen molar-refractivity contribution in [3.8, 4) is 0 Å². The Hall–Kier alpha value is -0.830. The van der Waals surface area contributed by atoms with Crippen molar-refractivity contribution in [2.24, 2.45) is 5.92 Å². The van der Waals surface area contributed by atoms with Gasteiger partial charge in [0.05, 0.1) is 0 Å². The molecule has 2 unspecified atom stereocenters. The van der Waals surface area contributed by atoms with Gasteiger partial charge >= 0.3 is 0 Å². The van der Waals surface area contributed by atoms with Crippen molar-refractivity contribution in [3.63, 3.8) is 0 Å². The Morgan fingerprint density at radius 1 is 1.26 bits per heavy atom. The predicted molar refractivity (Wildman–Crippen MR) is 80.1 cm³/mol. The van der Waals surface area contributed by atoms with Gasteiger partial charge in [0, 0.05) is 25.0 Å². The second kappa shape index (κ2) is 8.36. The molecule has 3 nitrogen and oxygen atoms in total. The maximum Gasteiger partial charge on any atom is 0.0489 e. The Balaban J connectivity index is 1.58. The molecule has 0 bridgehead atoms. The minimum absolute atomic E-state index is 0.763. The molecule has 0 saturated heterocycles. The van der Waals surface area contributed by atoms with Gasteiger partial charge in [0.15, 0.2) is 0 Å². The predicted octanol–water partition coefficient (Wildman–Crippen LogP) is 3.61. The first-order valence-corrected chi connectivity index (χ1v) is 8.09. The number of hydrogen-bond acceptors (Lipinski definition) is 2. The molecule has 0 aromatic carbocycles. The average molecular weight is 263 g/mol. The lowest BCUT2D eigenvalue weighted by molar-refractivity contribution is 0.406. The summed E-state index contributed by atoms with van der Waals surface area (Å²) in [6.07, 6.45) is 14.9. The van der Waals surface area contributed by atoms with Crippen molar-refractivity contribution in [2.75, 3.05) is 6.54 Å². The van der Waals surface area contributed by atoms with Crippen LogP contribution in [0, 0.1) is 5.92 Å². The van der Waals surface area contributed by atoms with Crippen LogP contribution in [0.5, 0.6) is 0 Å². The van der Waals surface area contributed by atoms with E-state index in [9.17, 15) is 0 Å². The SMILES string of the molecule is CCCC1CCCC(NCCCn2cccn2)CC1. The van der Waals surface area contributed by atoms with E-state index in [0.29, 0.717) is 0 Å². The number of nitrogens with one attached hydrogen (secondary N) is 1. The zero-order chi connectivity index (χ0) is 13.3. The number of aryl methyl sites for hydroxylation is 1. The zero-order valence-corrected chi connectivity index (χ0v) is 12.4. The highest BCUT2D eigenvalue weighted by Gasteiger charge is 2.17. The summed E-state index contributed by atoms with van der Waals surface area (Å²) in [5.41, 5.74) is 0. The average Bonchev–Trinajstić information content (AvgIpc) is 2.83. The van der Waals surface area contributed by atoms with Crippen LogP contribution in [0.15, 0.2) is 18.5 Å². The molecule has 1 aliphatic carbocycles. The van der Waals surface area contributed by atoms with Gasteiger partial charge in [-0.1, -0.05) is 32.6 Å². The van der Waals surface area contributed by atoms with Crippen LogP contribution in [0.3, 0.4) is 0 Å². The number of hydrogen-bond donors (Lipinski definition) is 1. The molecule has 108 valence electrons. The van der Waals surface area contributed by atoms with Gasteiger partial charge in [-0.3, -0.25) is 4.68 Å². The number of rotatable bonds is 7. The summed E-state index contributed by atoms with van der Waals surface area (Å²) in [6, 6.07) is 2.76. The number of nitrogens with zero attached hydrogens (tertiary/aromatic N) is 2. The molecule has 0 amide bonds. The van der Waals surface area contributed by atoms with Crippen molar-refractivity contribution >= 4 is 0 Å². The molecule has 19 heavy (non-hydrogen) atoms. The summed E-state index contributed by atoms with van der Waals surface area (Å²) in [7, 11) is 0. The van der Waals surface area contributed by atoms with Gasteiger partial charge in [-0.2, -0.15) is 5.10 Å². The minimum Gasteiger partial charge on any atom is -0.314 e. The van der Waals surface area contributed by atoms with E-state index in [1.165, 1.54) is 51.4 Å². The maximum absolute atomic E-state index is 4.23. The molecule has 0 spiro atoms. The van der Waals surface area contributed by atoms with Crippen LogP contribution in [-0.2, 0) is 6.54 Å². The third kappa shape index (κ3) is 5.35. The molecule has 0 radical (unpaired) electrons. The monoisotopic (exact) mass is 263 g/mol. The van der Waals surface area contributed by atoms with Crippen molar-refractivity contribution in [3.05, 3.63) is 18.5 Å². The van der Waals surface area contributed by atoms with Crippen molar-refractivity contribution in [1.82, 2.24) is 15.1 Å². The third-order valence-electron chi connectivity index (χ3n) is 4.34. The molecule has 2 rings (SSSR count). The summed E-state index contributed by atoms with van der Waals surface area (Å²) >= 11 is 0. The van der Waals surface area contributed by atoms with E-state index in [0.717, 1.165) is 25.0 Å². The highest BCUT2D eigenvalue weighted by Crippen LogP contribution is 2.26. The van der Waals surface area contributed by atoms with Crippen molar-refractivity contribution in [1.29, 1.82) is 0 Å². The summed E-state index contributed by atoms with van der Waals surface area (Å²) in [4.78, 5) is 0. The molecule has 1 fully saturated rings. The van der Waals surface area contributed by atoms with Gasteiger partial charge in [-0.25, -0.2) is 0 Å². The van der Waals surface area contributed by atoms with Crippen LogP contribution in [0.25, 0.3) is 0 Å². The van der Waals surface area contributed by atoms with Gasteiger partial charge in [0.2, 0.25) is 0 Å². The largest absolute Gasteiger partial charge is 0.314 e. The summed E-state index contributed by atoms with van der Waals surface area (Å²) < 4.78 is 2.02. The Kier molecular flexibility index (Phi) is 6.42. The van der Waals surface area contributed by atoms with E-state index in [1.54, 1.807) is 0 Å². The second-order valence-corrected chi connectivity index (χ2v) is 5.94.